The van der Waals surface area contributed by atoms with Crippen molar-refractivity contribution >= 4 is 0 Å². The van der Waals surface area contributed by atoms with Gasteiger partial charge >= 0.3 is 0 Å². The summed E-state index contributed by atoms with van der Waals surface area (Å²) < 4.78 is 0. The summed E-state index contributed by atoms with van der Waals surface area (Å²) in [5.41, 5.74) is 13.9. The molecular weight excluding hydrogens is 232 g/mol. The Kier molecular flexibility index (Phi) is 3.81. The van der Waals surface area contributed by atoms with Gasteiger partial charge in [0.15, 0.2) is 0 Å². The molecule has 0 spiro atoms. The zero-order valence-electron chi connectivity index (χ0n) is 13.6. The van der Waals surface area contributed by atoms with Gasteiger partial charge < -0.3 is 11.5 Å². The third kappa shape index (κ3) is 3.33. The van der Waals surface area contributed by atoms with E-state index in [-0.39, 0.29) is 5.41 Å². The van der Waals surface area contributed by atoms with Crippen LogP contribution in [0.5, 0.6) is 0 Å². The first kappa shape index (κ1) is 15.3. The molecule has 2 nitrogen and oxygen atoms in total. The van der Waals surface area contributed by atoms with Gasteiger partial charge in [0.1, 0.15) is 0 Å². The molecule has 2 atom stereocenters. The summed E-state index contributed by atoms with van der Waals surface area (Å²) >= 11 is 0. The van der Waals surface area contributed by atoms with Gasteiger partial charge in [-0.25, -0.2) is 0 Å². The van der Waals surface area contributed by atoms with Crippen LogP contribution in [0.1, 0.15) is 73.1 Å². The second-order valence-corrected chi connectivity index (χ2v) is 9.09. The molecule has 4 N–H and O–H groups in total. The Balaban J connectivity index is 1.92. The van der Waals surface area contributed by atoms with Gasteiger partial charge in [0.25, 0.3) is 0 Å². The largest absolute Gasteiger partial charge is 0.327 e. The Morgan fingerprint density at radius 2 is 1.53 bits per heavy atom. The van der Waals surface area contributed by atoms with Crippen molar-refractivity contribution in [1.29, 1.82) is 0 Å². The molecule has 2 heteroatoms. The highest BCUT2D eigenvalue weighted by Crippen LogP contribution is 2.61. The number of hydrogen-bond donors (Lipinski definition) is 2. The molecule has 0 saturated heterocycles. The van der Waals surface area contributed by atoms with Crippen LogP contribution in [-0.4, -0.2) is 12.1 Å². The van der Waals surface area contributed by atoms with Gasteiger partial charge in [-0.2, -0.15) is 0 Å². The van der Waals surface area contributed by atoms with Crippen LogP contribution in [0.2, 0.25) is 0 Å². The molecular formula is C17H34N2. The molecule has 0 aromatic heterocycles. The maximum Gasteiger partial charge on any atom is 0.0106 e. The van der Waals surface area contributed by atoms with Gasteiger partial charge in [0, 0.05) is 12.1 Å². The van der Waals surface area contributed by atoms with E-state index in [1.165, 1.54) is 25.7 Å². The first-order valence-electron chi connectivity index (χ1n) is 8.09. The summed E-state index contributed by atoms with van der Waals surface area (Å²) in [4.78, 5) is 0. The summed E-state index contributed by atoms with van der Waals surface area (Å²) in [6, 6.07) is 0.723. The lowest BCUT2D eigenvalue weighted by Gasteiger charge is -2.40. The maximum absolute atomic E-state index is 6.61. The van der Waals surface area contributed by atoms with E-state index in [0.717, 1.165) is 18.8 Å². The minimum Gasteiger partial charge on any atom is -0.327 e. The van der Waals surface area contributed by atoms with E-state index in [1.54, 1.807) is 0 Å². The lowest BCUT2D eigenvalue weighted by Crippen LogP contribution is -2.44. The Morgan fingerprint density at radius 1 is 1.00 bits per heavy atom. The van der Waals surface area contributed by atoms with Crippen molar-refractivity contribution in [1.82, 2.24) is 0 Å². The predicted octanol–water partition coefficient (Wildman–Crippen LogP) is 3.68. The Morgan fingerprint density at radius 3 is 1.89 bits per heavy atom. The van der Waals surface area contributed by atoms with E-state index in [2.05, 4.69) is 34.6 Å². The van der Waals surface area contributed by atoms with Crippen LogP contribution >= 0.6 is 0 Å². The lowest BCUT2D eigenvalue weighted by molar-refractivity contribution is 0.130. The van der Waals surface area contributed by atoms with Crippen LogP contribution < -0.4 is 11.5 Å². The summed E-state index contributed by atoms with van der Waals surface area (Å²) in [5, 5.41) is 0. The highest BCUT2D eigenvalue weighted by molar-refractivity contribution is 5.08. The van der Waals surface area contributed by atoms with E-state index in [4.69, 9.17) is 11.5 Å². The van der Waals surface area contributed by atoms with Gasteiger partial charge in [0.2, 0.25) is 0 Å². The van der Waals surface area contributed by atoms with Gasteiger partial charge in [-0.1, -0.05) is 34.6 Å². The van der Waals surface area contributed by atoms with Crippen LogP contribution in [0.15, 0.2) is 0 Å². The van der Waals surface area contributed by atoms with Crippen LogP contribution in [0.4, 0.5) is 0 Å². The van der Waals surface area contributed by atoms with Crippen LogP contribution in [0.3, 0.4) is 0 Å². The minimum absolute atomic E-state index is 0.280. The average molecular weight is 266 g/mol. The monoisotopic (exact) mass is 266 g/mol. The van der Waals surface area contributed by atoms with Crippen molar-refractivity contribution in [2.24, 2.45) is 33.6 Å². The Hall–Kier alpha value is -0.0800. The zero-order chi connectivity index (χ0) is 14.5. The minimum atomic E-state index is 0.280. The predicted molar refractivity (Wildman–Crippen MR) is 82.8 cm³/mol. The highest BCUT2D eigenvalue weighted by atomic mass is 14.8. The quantitative estimate of drug-likeness (QED) is 0.770. The molecule has 2 aliphatic carbocycles. The number of rotatable bonds is 6. The normalized spacial score (nSPS) is 26.1. The van der Waals surface area contributed by atoms with Crippen molar-refractivity contribution < 1.29 is 0 Å². The Labute approximate surface area is 119 Å². The summed E-state index contributed by atoms with van der Waals surface area (Å²) in [6.07, 6.45) is 7.55. The standard InChI is InChI=1S/C17H34N2/c1-15(2,3)17(8-9-17)14(19)11-16(4,5)10-13(18)12-6-7-12/h12-14H,6-11,18-19H2,1-5H3/t13-,14?/m1/s1. The molecule has 19 heavy (non-hydrogen) atoms. The van der Waals surface area contributed by atoms with Crippen molar-refractivity contribution in [3.63, 3.8) is 0 Å². The molecule has 0 aromatic carbocycles. The third-order valence-corrected chi connectivity index (χ3v) is 5.78. The van der Waals surface area contributed by atoms with Gasteiger partial charge in [-0.15, -0.1) is 0 Å². The highest BCUT2D eigenvalue weighted by Gasteiger charge is 2.56. The molecule has 112 valence electrons. The molecule has 0 radical (unpaired) electrons. The van der Waals surface area contributed by atoms with Gasteiger partial charge in [-0.3, -0.25) is 0 Å². The second kappa shape index (κ2) is 4.73. The smallest absolute Gasteiger partial charge is 0.0106 e. The first-order chi connectivity index (χ1) is 8.57. The average Bonchev–Trinajstić information content (AvgIpc) is 3.09. The molecule has 0 aliphatic heterocycles. The fourth-order valence-electron chi connectivity index (χ4n) is 4.01. The van der Waals surface area contributed by atoms with E-state index in [0.29, 0.717) is 22.9 Å². The molecule has 0 heterocycles. The first-order valence-corrected chi connectivity index (χ1v) is 8.09. The molecule has 0 bridgehead atoms. The van der Waals surface area contributed by atoms with Crippen molar-refractivity contribution in [3.05, 3.63) is 0 Å². The molecule has 2 rings (SSSR count). The third-order valence-electron chi connectivity index (χ3n) is 5.78. The second-order valence-electron chi connectivity index (χ2n) is 9.09. The van der Waals surface area contributed by atoms with Crippen molar-refractivity contribution in [2.75, 3.05) is 0 Å². The summed E-state index contributed by atoms with van der Waals surface area (Å²) in [6.45, 7) is 11.8. The van der Waals surface area contributed by atoms with Crippen LogP contribution in [0.25, 0.3) is 0 Å². The molecule has 0 amide bonds. The van der Waals surface area contributed by atoms with Crippen LogP contribution in [0, 0.1) is 22.2 Å². The maximum atomic E-state index is 6.61. The Bertz CT molecular complexity index is 319. The number of nitrogens with two attached hydrogens (primary N) is 2. The van der Waals surface area contributed by atoms with Crippen LogP contribution in [-0.2, 0) is 0 Å². The van der Waals surface area contributed by atoms with E-state index in [9.17, 15) is 0 Å². The van der Waals surface area contributed by atoms with Crippen molar-refractivity contribution in [3.8, 4) is 0 Å². The molecule has 2 aliphatic rings. The van der Waals surface area contributed by atoms with Crippen molar-refractivity contribution in [2.45, 2.75) is 85.2 Å². The SMILES string of the molecule is CC(C)(CC(N)C1(C(C)(C)C)CC1)C[C@@H](N)C1CC1. The van der Waals surface area contributed by atoms with E-state index in [1.807, 2.05) is 0 Å². The molecule has 2 saturated carbocycles. The fraction of sp³-hybridized carbons (Fsp3) is 1.00. The zero-order valence-corrected chi connectivity index (χ0v) is 13.6. The topological polar surface area (TPSA) is 52.0 Å². The van der Waals surface area contributed by atoms with E-state index >= 15 is 0 Å². The number of hydrogen-bond acceptors (Lipinski definition) is 2. The molecule has 1 unspecified atom stereocenters. The lowest BCUT2D eigenvalue weighted by atomic mass is 9.68. The molecule has 2 fully saturated rings. The summed E-state index contributed by atoms with van der Waals surface area (Å²) in [7, 11) is 0. The van der Waals surface area contributed by atoms with E-state index < -0.39 is 0 Å². The summed E-state index contributed by atoms with van der Waals surface area (Å²) in [5.74, 6) is 0.799. The molecule has 0 aromatic rings. The van der Waals surface area contributed by atoms with Gasteiger partial charge in [-0.05, 0) is 60.7 Å². The fourth-order valence-corrected chi connectivity index (χ4v) is 4.01. The van der Waals surface area contributed by atoms with Gasteiger partial charge in [0.05, 0.1) is 0 Å².